The molecule has 1 aromatic carbocycles. The molecule has 2 aromatic rings. The Morgan fingerprint density at radius 2 is 2.00 bits per heavy atom. The molecule has 0 aliphatic heterocycles. The van der Waals surface area contributed by atoms with Gasteiger partial charge in [-0.05, 0) is 43.3 Å². The quantitative estimate of drug-likeness (QED) is 0.802. The first-order valence-corrected chi connectivity index (χ1v) is 7.74. The van der Waals surface area contributed by atoms with Gasteiger partial charge in [-0.25, -0.2) is 4.98 Å². The van der Waals surface area contributed by atoms with Crippen molar-refractivity contribution in [1.82, 2.24) is 10.3 Å². The van der Waals surface area contributed by atoms with Crippen molar-refractivity contribution >= 4 is 17.6 Å². The van der Waals surface area contributed by atoms with Gasteiger partial charge in [-0.1, -0.05) is 6.07 Å². The number of nitrogens with zero attached hydrogens (tertiary/aromatic N) is 2. The second-order valence-corrected chi connectivity index (χ2v) is 5.20. The smallest absolute Gasteiger partial charge is 0.260 e. The van der Waals surface area contributed by atoms with E-state index in [9.17, 15) is 9.59 Å². The molecule has 7 heteroatoms. The number of amides is 2. The molecule has 0 unspecified atom stereocenters. The molecule has 1 aromatic heterocycles. The van der Waals surface area contributed by atoms with Crippen molar-refractivity contribution < 1.29 is 14.3 Å². The number of pyridine rings is 1. The number of anilines is 1. The van der Waals surface area contributed by atoms with Gasteiger partial charge in [-0.15, -0.1) is 0 Å². The second kappa shape index (κ2) is 9.03. The van der Waals surface area contributed by atoms with Crippen molar-refractivity contribution in [2.75, 3.05) is 11.9 Å². The zero-order valence-corrected chi connectivity index (χ0v) is 13.7. The molecule has 0 saturated heterocycles. The fourth-order valence-electron chi connectivity index (χ4n) is 1.95. The normalized spacial score (nSPS) is 11.0. The zero-order valence-electron chi connectivity index (χ0n) is 13.7. The van der Waals surface area contributed by atoms with Crippen LogP contribution in [0.3, 0.4) is 0 Å². The summed E-state index contributed by atoms with van der Waals surface area (Å²) in [6, 6.07) is 13.7. The third-order valence-electron chi connectivity index (χ3n) is 3.25. The monoisotopic (exact) mass is 338 g/mol. The minimum absolute atomic E-state index is 0.131. The highest BCUT2D eigenvalue weighted by Crippen LogP contribution is 2.13. The lowest BCUT2D eigenvalue weighted by atomic mass is 10.2. The maximum absolute atomic E-state index is 12.0. The second-order valence-electron chi connectivity index (χ2n) is 5.20. The molecule has 1 heterocycles. The predicted molar refractivity (Wildman–Crippen MR) is 91.7 cm³/mol. The Balaban J connectivity index is 1.71. The lowest BCUT2D eigenvalue weighted by Crippen LogP contribution is -2.37. The van der Waals surface area contributed by atoms with Gasteiger partial charge in [-0.2, -0.15) is 5.26 Å². The largest absolute Gasteiger partial charge is 0.481 e. The highest BCUT2D eigenvalue weighted by molar-refractivity contribution is 5.90. The molecule has 2 amide bonds. The Labute approximate surface area is 145 Å². The summed E-state index contributed by atoms with van der Waals surface area (Å²) in [5.74, 6) is 0.403. The van der Waals surface area contributed by atoms with Crippen molar-refractivity contribution in [2.24, 2.45) is 0 Å². The van der Waals surface area contributed by atoms with Crippen LogP contribution in [0, 0.1) is 11.3 Å². The average Bonchev–Trinajstić information content (AvgIpc) is 2.63. The summed E-state index contributed by atoms with van der Waals surface area (Å²) >= 11 is 0. The average molecular weight is 338 g/mol. The number of carbonyl (C=O) groups excluding carboxylic acids is 2. The molecule has 2 N–H and O–H groups in total. The SMILES string of the molecule is C[C@H](Oc1ccc(C#N)cc1)C(=O)NCCC(=O)Nc1ccccn1. The first-order chi connectivity index (χ1) is 12.1. The Morgan fingerprint density at radius 1 is 1.24 bits per heavy atom. The van der Waals surface area contributed by atoms with E-state index in [1.165, 1.54) is 0 Å². The number of nitriles is 1. The van der Waals surface area contributed by atoms with Gasteiger partial charge >= 0.3 is 0 Å². The minimum atomic E-state index is -0.716. The van der Waals surface area contributed by atoms with E-state index < -0.39 is 6.10 Å². The van der Waals surface area contributed by atoms with Crippen molar-refractivity contribution in [3.63, 3.8) is 0 Å². The Hall–Kier alpha value is -3.40. The van der Waals surface area contributed by atoms with Crippen molar-refractivity contribution in [2.45, 2.75) is 19.4 Å². The van der Waals surface area contributed by atoms with Gasteiger partial charge < -0.3 is 15.4 Å². The maximum atomic E-state index is 12.0. The highest BCUT2D eigenvalue weighted by atomic mass is 16.5. The molecular weight excluding hydrogens is 320 g/mol. The highest BCUT2D eigenvalue weighted by Gasteiger charge is 2.14. The van der Waals surface area contributed by atoms with Gasteiger partial charge in [0.15, 0.2) is 6.10 Å². The number of ether oxygens (including phenoxy) is 1. The van der Waals surface area contributed by atoms with Crippen LogP contribution in [0.25, 0.3) is 0 Å². The van der Waals surface area contributed by atoms with E-state index in [2.05, 4.69) is 15.6 Å². The van der Waals surface area contributed by atoms with E-state index in [0.29, 0.717) is 17.1 Å². The number of hydrogen-bond acceptors (Lipinski definition) is 5. The summed E-state index contributed by atoms with van der Waals surface area (Å²) in [5.41, 5.74) is 0.517. The third-order valence-corrected chi connectivity index (χ3v) is 3.25. The van der Waals surface area contributed by atoms with Gasteiger partial charge in [0, 0.05) is 19.2 Å². The fourth-order valence-corrected chi connectivity index (χ4v) is 1.95. The summed E-state index contributed by atoms with van der Waals surface area (Å²) in [4.78, 5) is 27.7. The zero-order chi connectivity index (χ0) is 18.1. The van der Waals surface area contributed by atoms with Crippen LogP contribution in [-0.4, -0.2) is 29.4 Å². The first-order valence-electron chi connectivity index (χ1n) is 7.74. The van der Waals surface area contributed by atoms with Crippen LogP contribution in [0.5, 0.6) is 5.75 Å². The summed E-state index contributed by atoms with van der Waals surface area (Å²) < 4.78 is 5.50. The summed E-state index contributed by atoms with van der Waals surface area (Å²) in [7, 11) is 0. The Morgan fingerprint density at radius 3 is 2.64 bits per heavy atom. The van der Waals surface area contributed by atoms with E-state index in [1.54, 1.807) is 55.6 Å². The summed E-state index contributed by atoms with van der Waals surface area (Å²) in [5, 5.41) is 14.0. The van der Waals surface area contributed by atoms with E-state index in [1.807, 2.05) is 6.07 Å². The molecule has 1 atom stereocenters. The van der Waals surface area contributed by atoms with Crippen LogP contribution in [0.15, 0.2) is 48.7 Å². The van der Waals surface area contributed by atoms with Crippen LogP contribution < -0.4 is 15.4 Å². The van der Waals surface area contributed by atoms with Crippen LogP contribution in [0.4, 0.5) is 5.82 Å². The van der Waals surface area contributed by atoms with Crippen molar-refractivity contribution in [3.8, 4) is 11.8 Å². The molecule has 0 bridgehead atoms. The van der Waals surface area contributed by atoms with E-state index in [-0.39, 0.29) is 24.8 Å². The molecular formula is C18H18N4O3. The van der Waals surface area contributed by atoms with Gasteiger partial charge in [0.05, 0.1) is 11.6 Å². The van der Waals surface area contributed by atoms with Crippen molar-refractivity contribution in [1.29, 1.82) is 5.26 Å². The molecule has 128 valence electrons. The third kappa shape index (κ3) is 5.95. The molecule has 2 rings (SSSR count). The number of carbonyl (C=O) groups is 2. The molecule has 7 nitrogen and oxygen atoms in total. The van der Waals surface area contributed by atoms with Gasteiger partial charge in [0.25, 0.3) is 5.91 Å². The number of aromatic nitrogens is 1. The maximum Gasteiger partial charge on any atom is 0.260 e. The number of nitrogens with one attached hydrogen (secondary N) is 2. The minimum Gasteiger partial charge on any atom is -0.481 e. The molecule has 0 spiro atoms. The van der Waals surface area contributed by atoms with E-state index >= 15 is 0 Å². The molecule has 0 saturated carbocycles. The first kappa shape index (κ1) is 17.9. The molecule has 0 fully saturated rings. The number of rotatable bonds is 7. The van der Waals surface area contributed by atoms with Gasteiger partial charge in [0.1, 0.15) is 11.6 Å². The molecule has 0 aliphatic carbocycles. The molecule has 25 heavy (non-hydrogen) atoms. The Kier molecular flexibility index (Phi) is 6.48. The number of benzene rings is 1. The summed E-state index contributed by atoms with van der Waals surface area (Å²) in [6.45, 7) is 1.81. The number of hydrogen-bond donors (Lipinski definition) is 2. The lowest BCUT2D eigenvalue weighted by Gasteiger charge is -2.14. The van der Waals surface area contributed by atoms with E-state index in [0.717, 1.165) is 0 Å². The fraction of sp³-hybridized carbons (Fsp3) is 0.222. The predicted octanol–water partition coefficient (Wildman–Crippen LogP) is 1.87. The van der Waals surface area contributed by atoms with Gasteiger partial charge in [-0.3, -0.25) is 9.59 Å². The standard InChI is InChI=1S/C18H18N4O3/c1-13(25-15-7-5-14(12-19)6-8-15)18(24)21-11-9-17(23)22-16-4-2-3-10-20-16/h2-8,10,13H,9,11H2,1H3,(H,21,24)(H,20,22,23)/t13-/m0/s1. The van der Waals surface area contributed by atoms with Crippen LogP contribution in [0.2, 0.25) is 0 Å². The van der Waals surface area contributed by atoms with E-state index in [4.69, 9.17) is 10.00 Å². The van der Waals surface area contributed by atoms with Crippen LogP contribution in [0.1, 0.15) is 18.9 Å². The summed E-state index contributed by atoms with van der Waals surface area (Å²) in [6.07, 6.45) is 0.998. The van der Waals surface area contributed by atoms with Crippen molar-refractivity contribution in [3.05, 3.63) is 54.2 Å². The van der Waals surface area contributed by atoms with Crippen LogP contribution in [-0.2, 0) is 9.59 Å². The molecule has 0 aliphatic rings. The molecule has 0 radical (unpaired) electrons. The topological polar surface area (TPSA) is 104 Å². The van der Waals surface area contributed by atoms with Gasteiger partial charge in [0.2, 0.25) is 5.91 Å². The Bertz CT molecular complexity index is 754. The van der Waals surface area contributed by atoms with Crippen LogP contribution >= 0.6 is 0 Å². The lowest BCUT2D eigenvalue weighted by molar-refractivity contribution is -0.127.